The van der Waals surface area contributed by atoms with Gasteiger partial charge < -0.3 is 0 Å². The van der Waals surface area contributed by atoms with Crippen molar-refractivity contribution in [2.45, 2.75) is 27.7 Å². The molecule has 0 saturated heterocycles. The summed E-state index contributed by atoms with van der Waals surface area (Å²) in [4.78, 5) is 4.73. The van der Waals surface area contributed by atoms with Crippen molar-refractivity contribution in [2.75, 3.05) is 0 Å². The number of fused-ring (bicyclic) bond motifs is 5. The van der Waals surface area contributed by atoms with E-state index in [0.29, 0.717) is 9.06 Å². The molecule has 4 nitrogen and oxygen atoms in total. The van der Waals surface area contributed by atoms with Gasteiger partial charge in [-0.3, -0.25) is 0 Å². The summed E-state index contributed by atoms with van der Waals surface area (Å²) < 4.78 is 3.35. The largest absolute Gasteiger partial charge is 0.192 e. The van der Waals surface area contributed by atoms with Crippen LogP contribution in [0.3, 0.4) is 0 Å². The van der Waals surface area contributed by atoms with Crippen LogP contribution in [-0.4, -0.2) is 0 Å². The highest BCUT2D eigenvalue weighted by molar-refractivity contribution is 7.16. The maximum absolute atomic E-state index is 9.43. The molecule has 246 valence electrons. The molecule has 4 aromatic heterocycles. The smallest absolute Gasteiger partial charge is 0.146 e. The van der Waals surface area contributed by atoms with E-state index in [4.69, 9.17) is 0 Å². The first-order valence-electron chi connectivity index (χ1n) is 16.4. The Morgan fingerprint density at radius 1 is 0.481 bits per heavy atom. The number of nitriles is 4. The molecule has 0 bridgehead atoms. The zero-order valence-electron chi connectivity index (χ0n) is 28.5. The van der Waals surface area contributed by atoms with Gasteiger partial charge in [0.2, 0.25) is 0 Å². The van der Waals surface area contributed by atoms with Crippen molar-refractivity contribution in [3.63, 3.8) is 0 Å². The molecule has 0 saturated carbocycles. The Bertz CT molecular complexity index is 2770. The second-order valence-corrected chi connectivity index (χ2v) is 17.1. The summed E-state index contributed by atoms with van der Waals surface area (Å²) in [7, 11) is 0. The van der Waals surface area contributed by atoms with Crippen molar-refractivity contribution in [1.29, 1.82) is 21.0 Å². The third kappa shape index (κ3) is 5.34. The Hall–Kier alpha value is -5.84. The van der Waals surface area contributed by atoms with Gasteiger partial charge in [0, 0.05) is 62.0 Å². The SMILES string of the molecule is Cc1cccc(C)c1C1=C2C(=C(c3c(C)cccc3C)c3sc(/C=c4\ccc(=C(C#N)C#N)s4)cc32)c2cc(/C=c3\ccc(=C(C#N)C#N)s3)sc21. The van der Waals surface area contributed by atoms with Crippen LogP contribution in [0.25, 0.3) is 45.6 Å². The molecule has 0 radical (unpaired) electrons. The standard InChI is InChI=1S/C44H26N4S4/c1-23-7-5-8-24(2)37(23)41-39-33-17-32(16-30-12-14-36(50-30)28(21-47)22-48)52-44(33)42(38-25(3)9-6-10-26(38)4)40(39)34-18-31(51-43(34)41)15-29-11-13-35(49-29)27(19-45)20-46/h5-18H,1-4H3/b29-15+,30-16+. The zero-order valence-corrected chi connectivity index (χ0v) is 31.8. The average molecular weight is 739 g/mol. The van der Waals surface area contributed by atoms with Crippen molar-refractivity contribution in [3.8, 4) is 24.3 Å². The third-order valence-corrected chi connectivity index (χ3v) is 13.8. The van der Waals surface area contributed by atoms with Crippen molar-refractivity contribution in [2.24, 2.45) is 0 Å². The molecular weight excluding hydrogens is 713 g/mol. The third-order valence-electron chi connectivity index (χ3n) is 9.47. The highest BCUT2D eigenvalue weighted by Gasteiger charge is 2.41. The van der Waals surface area contributed by atoms with Crippen LogP contribution < -0.4 is 18.1 Å². The second kappa shape index (κ2) is 13.0. The van der Waals surface area contributed by atoms with Gasteiger partial charge in [-0.2, -0.15) is 21.0 Å². The molecule has 0 aliphatic heterocycles. The molecular formula is C44H26N4S4. The predicted octanol–water partition coefficient (Wildman–Crippen LogP) is 8.46. The molecule has 8 rings (SSSR count). The van der Waals surface area contributed by atoms with Crippen LogP contribution in [0.4, 0.5) is 0 Å². The summed E-state index contributed by atoms with van der Waals surface area (Å²) in [6, 6.07) is 33.4. The molecule has 0 unspecified atom stereocenters. The molecule has 8 heteroatoms. The van der Waals surface area contributed by atoms with E-state index < -0.39 is 0 Å². The van der Waals surface area contributed by atoms with Crippen LogP contribution in [-0.2, 0) is 0 Å². The van der Waals surface area contributed by atoms with Crippen LogP contribution in [0.1, 0.15) is 64.0 Å². The van der Waals surface area contributed by atoms with Gasteiger partial charge in [0.15, 0.2) is 0 Å². The molecule has 2 aliphatic carbocycles. The van der Waals surface area contributed by atoms with Crippen molar-refractivity contribution in [1.82, 2.24) is 0 Å². The molecule has 0 amide bonds. The Morgan fingerprint density at radius 2 is 0.846 bits per heavy atom. The fourth-order valence-corrected chi connectivity index (χ4v) is 11.6. The minimum absolute atomic E-state index is 0.132. The fourth-order valence-electron chi connectivity index (χ4n) is 7.30. The summed E-state index contributed by atoms with van der Waals surface area (Å²) in [6.45, 7) is 8.78. The van der Waals surface area contributed by atoms with E-state index in [1.807, 2.05) is 48.5 Å². The Morgan fingerprint density at radius 3 is 1.19 bits per heavy atom. The fraction of sp³-hybridized carbons (Fsp3) is 0.0909. The lowest BCUT2D eigenvalue weighted by molar-refractivity contribution is 1.34. The topological polar surface area (TPSA) is 95.2 Å². The molecule has 0 fully saturated rings. The van der Waals surface area contributed by atoms with Gasteiger partial charge in [0.1, 0.15) is 35.4 Å². The summed E-state index contributed by atoms with van der Waals surface area (Å²) in [5.41, 5.74) is 15.2. The summed E-state index contributed by atoms with van der Waals surface area (Å²) in [5, 5.41) is 37.7. The van der Waals surface area contributed by atoms with Gasteiger partial charge in [-0.05, 0) is 110 Å². The Labute approximate surface area is 317 Å². The number of rotatable bonds is 4. The molecule has 52 heavy (non-hydrogen) atoms. The minimum Gasteiger partial charge on any atom is -0.192 e. The number of hydrogen-bond donors (Lipinski definition) is 0. The lowest BCUT2D eigenvalue weighted by atomic mass is 9.91. The first-order chi connectivity index (χ1) is 25.2. The Kier molecular flexibility index (Phi) is 8.36. The maximum atomic E-state index is 9.43. The van der Waals surface area contributed by atoms with Gasteiger partial charge in [0.05, 0.1) is 9.06 Å². The number of thiophene rings is 4. The Balaban J connectivity index is 1.44. The highest BCUT2D eigenvalue weighted by Crippen LogP contribution is 2.62. The molecule has 0 spiro atoms. The van der Waals surface area contributed by atoms with Crippen molar-refractivity contribution < 1.29 is 0 Å². The lowest BCUT2D eigenvalue weighted by Gasteiger charge is -2.13. The molecule has 4 heterocycles. The number of nitrogens with zero attached hydrogens (tertiary/aromatic N) is 4. The van der Waals surface area contributed by atoms with E-state index >= 15 is 0 Å². The van der Waals surface area contributed by atoms with Gasteiger partial charge in [0.25, 0.3) is 0 Å². The lowest BCUT2D eigenvalue weighted by Crippen LogP contribution is -1.97. The van der Waals surface area contributed by atoms with E-state index in [9.17, 15) is 21.0 Å². The number of aryl methyl sites for hydroxylation is 4. The predicted molar refractivity (Wildman–Crippen MR) is 216 cm³/mol. The number of hydrogen-bond acceptors (Lipinski definition) is 8. The van der Waals surface area contributed by atoms with Gasteiger partial charge in [-0.15, -0.1) is 45.3 Å². The van der Waals surface area contributed by atoms with Crippen LogP contribution in [0.15, 0.2) is 72.8 Å². The van der Waals surface area contributed by atoms with E-state index in [1.165, 1.54) is 99.2 Å². The van der Waals surface area contributed by atoms with Gasteiger partial charge >= 0.3 is 0 Å². The van der Waals surface area contributed by atoms with Gasteiger partial charge in [-0.1, -0.05) is 36.4 Å². The van der Waals surface area contributed by atoms with Crippen molar-refractivity contribution >= 4 is 90.9 Å². The van der Waals surface area contributed by atoms with E-state index in [2.05, 4.69) is 88.4 Å². The normalized spacial score (nSPS) is 13.4. The first kappa shape index (κ1) is 33.3. The molecule has 6 aromatic rings. The summed E-state index contributed by atoms with van der Waals surface area (Å²) in [6.07, 6.45) is 4.33. The van der Waals surface area contributed by atoms with E-state index in [-0.39, 0.29) is 11.1 Å². The average Bonchev–Trinajstić information content (AvgIpc) is 3.97. The summed E-state index contributed by atoms with van der Waals surface area (Å²) in [5.74, 6) is 0. The van der Waals surface area contributed by atoms with Crippen LogP contribution in [0.5, 0.6) is 0 Å². The van der Waals surface area contributed by atoms with E-state index in [1.54, 1.807) is 22.7 Å². The monoisotopic (exact) mass is 738 g/mol. The second-order valence-electron chi connectivity index (χ2n) is 12.7. The quantitative estimate of drug-likeness (QED) is 0.181. The molecule has 0 atom stereocenters. The van der Waals surface area contributed by atoms with Crippen LogP contribution in [0, 0.1) is 73.0 Å². The maximum Gasteiger partial charge on any atom is 0.146 e. The summed E-state index contributed by atoms with van der Waals surface area (Å²) >= 11 is 6.49. The molecule has 2 aromatic carbocycles. The zero-order chi connectivity index (χ0) is 36.3. The first-order valence-corrected chi connectivity index (χ1v) is 19.7. The van der Waals surface area contributed by atoms with Crippen LogP contribution in [0.2, 0.25) is 0 Å². The molecule has 0 N–H and O–H groups in total. The minimum atomic E-state index is 0.132. The van der Waals surface area contributed by atoms with Crippen LogP contribution >= 0.6 is 45.3 Å². The number of allylic oxidation sites excluding steroid dienone is 2. The van der Waals surface area contributed by atoms with Gasteiger partial charge in [-0.25, -0.2) is 0 Å². The van der Waals surface area contributed by atoms with Crippen molar-refractivity contribution in [3.05, 3.63) is 155 Å². The molecule has 2 aliphatic rings. The highest BCUT2D eigenvalue weighted by atomic mass is 32.1. The van der Waals surface area contributed by atoms with E-state index in [0.717, 1.165) is 18.8 Å². The number of benzene rings is 2.